The van der Waals surface area contributed by atoms with Gasteiger partial charge in [0.15, 0.2) is 16.3 Å². The van der Waals surface area contributed by atoms with Crippen molar-refractivity contribution in [1.82, 2.24) is 18.7 Å². The molecular formula is C19H18N4O2S. The average molecular weight is 366 g/mol. The van der Waals surface area contributed by atoms with Crippen LogP contribution in [0.4, 0.5) is 0 Å². The van der Waals surface area contributed by atoms with Gasteiger partial charge >= 0.3 is 5.69 Å². The van der Waals surface area contributed by atoms with Crippen molar-refractivity contribution in [1.29, 1.82) is 0 Å². The van der Waals surface area contributed by atoms with Crippen LogP contribution >= 0.6 is 11.8 Å². The van der Waals surface area contributed by atoms with Gasteiger partial charge in [-0.15, -0.1) is 0 Å². The summed E-state index contributed by atoms with van der Waals surface area (Å²) in [7, 11) is 4.93. The van der Waals surface area contributed by atoms with Gasteiger partial charge in [0, 0.05) is 26.9 Å². The first-order valence-corrected chi connectivity index (χ1v) is 9.19. The van der Waals surface area contributed by atoms with Crippen LogP contribution in [0.5, 0.6) is 0 Å². The quantitative estimate of drug-likeness (QED) is 0.523. The Bertz CT molecular complexity index is 1260. The first kappa shape index (κ1) is 16.7. The van der Waals surface area contributed by atoms with Gasteiger partial charge in [-0.1, -0.05) is 54.2 Å². The van der Waals surface area contributed by atoms with Crippen LogP contribution in [0.1, 0.15) is 5.56 Å². The van der Waals surface area contributed by atoms with Gasteiger partial charge in [0.2, 0.25) is 0 Å². The number of hydrogen-bond donors (Lipinski definition) is 0. The summed E-state index contributed by atoms with van der Waals surface area (Å²) in [6.45, 7) is 0. The molecular weight excluding hydrogens is 348 g/mol. The van der Waals surface area contributed by atoms with E-state index in [-0.39, 0.29) is 11.2 Å². The molecule has 0 fully saturated rings. The van der Waals surface area contributed by atoms with Crippen LogP contribution in [0.25, 0.3) is 21.9 Å². The molecule has 0 radical (unpaired) electrons. The third-order valence-electron chi connectivity index (χ3n) is 4.67. The van der Waals surface area contributed by atoms with E-state index in [2.05, 4.69) is 29.2 Å². The molecule has 4 rings (SSSR count). The summed E-state index contributed by atoms with van der Waals surface area (Å²) in [5, 5.41) is 3.13. The van der Waals surface area contributed by atoms with Crippen molar-refractivity contribution in [3.63, 3.8) is 0 Å². The summed E-state index contributed by atoms with van der Waals surface area (Å²) >= 11 is 1.56. The van der Waals surface area contributed by atoms with Crippen LogP contribution in [-0.4, -0.2) is 18.7 Å². The molecule has 6 nitrogen and oxygen atoms in total. The van der Waals surface area contributed by atoms with E-state index in [0.717, 1.165) is 10.3 Å². The van der Waals surface area contributed by atoms with Crippen LogP contribution in [0.15, 0.2) is 57.2 Å². The van der Waals surface area contributed by atoms with Gasteiger partial charge in [-0.3, -0.25) is 13.9 Å². The van der Waals surface area contributed by atoms with Crippen molar-refractivity contribution < 1.29 is 0 Å². The van der Waals surface area contributed by atoms with E-state index in [9.17, 15) is 9.59 Å². The van der Waals surface area contributed by atoms with Crippen molar-refractivity contribution in [3.8, 4) is 0 Å². The van der Waals surface area contributed by atoms with Gasteiger partial charge in [-0.25, -0.2) is 9.78 Å². The van der Waals surface area contributed by atoms with Gasteiger partial charge < -0.3 is 4.57 Å². The zero-order valence-corrected chi connectivity index (χ0v) is 15.6. The van der Waals surface area contributed by atoms with E-state index in [4.69, 9.17) is 0 Å². The van der Waals surface area contributed by atoms with Crippen LogP contribution in [-0.2, 0) is 26.9 Å². The Morgan fingerprint density at radius 1 is 0.923 bits per heavy atom. The Kier molecular flexibility index (Phi) is 3.96. The lowest BCUT2D eigenvalue weighted by molar-refractivity contribution is 0.705. The fraction of sp³-hybridized carbons (Fsp3) is 0.211. The first-order valence-electron chi connectivity index (χ1n) is 8.21. The molecule has 0 saturated heterocycles. The van der Waals surface area contributed by atoms with Gasteiger partial charge in [-0.05, 0) is 16.3 Å². The van der Waals surface area contributed by atoms with E-state index in [0.29, 0.717) is 16.3 Å². The molecule has 0 amide bonds. The molecule has 0 aliphatic heterocycles. The number of thioether (sulfide) groups is 1. The molecule has 2 aromatic carbocycles. The lowest BCUT2D eigenvalue weighted by atomic mass is 10.1. The summed E-state index contributed by atoms with van der Waals surface area (Å²) in [4.78, 5) is 29.1. The number of aryl methyl sites for hydroxylation is 2. The third kappa shape index (κ3) is 2.47. The fourth-order valence-corrected chi connectivity index (χ4v) is 4.16. The molecule has 0 spiro atoms. The number of fused-ring (bicyclic) bond motifs is 2. The highest BCUT2D eigenvalue weighted by molar-refractivity contribution is 7.98. The molecule has 0 bridgehead atoms. The zero-order valence-electron chi connectivity index (χ0n) is 14.8. The van der Waals surface area contributed by atoms with Crippen LogP contribution in [0, 0.1) is 0 Å². The number of imidazole rings is 1. The number of hydrogen-bond acceptors (Lipinski definition) is 4. The summed E-state index contributed by atoms with van der Waals surface area (Å²) in [5.41, 5.74) is 1.37. The van der Waals surface area contributed by atoms with Gasteiger partial charge in [0.05, 0.1) is 0 Å². The number of nitrogens with zero attached hydrogens (tertiary/aromatic N) is 4. The SMILES string of the molecule is Cn1c(=O)c2c(nc(SCc3cccc4ccccc34)n2C)n(C)c1=O. The molecule has 0 N–H and O–H groups in total. The second-order valence-electron chi connectivity index (χ2n) is 6.26. The molecule has 7 heteroatoms. The maximum absolute atomic E-state index is 12.5. The number of rotatable bonds is 3. The van der Waals surface area contributed by atoms with E-state index >= 15 is 0 Å². The molecule has 26 heavy (non-hydrogen) atoms. The molecule has 2 heterocycles. The minimum atomic E-state index is -0.369. The lowest BCUT2D eigenvalue weighted by Gasteiger charge is -2.06. The Hall–Kier alpha value is -2.80. The second kappa shape index (κ2) is 6.17. The van der Waals surface area contributed by atoms with Crippen LogP contribution in [0.3, 0.4) is 0 Å². The van der Waals surface area contributed by atoms with Crippen molar-refractivity contribution in [2.45, 2.75) is 10.9 Å². The topological polar surface area (TPSA) is 61.8 Å². The summed E-state index contributed by atoms with van der Waals surface area (Å²) in [6, 6.07) is 14.5. The maximum atomic E-state index is 12.5. The predicted octanol–water partition coefficient (Wildman–Crippen LogP) is 2.42. The summed E-state index contributed by atoms with van der Waals surface area (Å²) in [6.07, 6.45) is 0. The molecule has 132 valence electrons. The van der Waals surface area contributed by atoms with Crippen molar-refractivity contribution in [3.05, 3.63) is 68.9 Å². The molecule has 0 unspecified atom stereocenters. The molecule has 0 saturated carbocycles. The third-order valence-corrected chi connectivity index (χ3v) is 5.75. The molecule has 0 aliphatic carbocycles. The average Bonchev–Trinajstić information content (AvgIpc) is 2.99. The van der Waals surface area contributed by atoms with Gasteiger partial charge in [0.25, 0.3) is 5.56 Å². The molecule has 2 aromatic heterocycles. The number of benzene rings is 2. The minimum absolute atomic E-state index is 0.324. The first-order chi connectivity index (χ1) is 12.5. The van der Waals surface area contributed by atoms with Gasteiger partial charge in [0.1, 0.15) is 0 Å². The van der Waals surface area contributed by atoms with Crippen molar-refractivity contribution >= 4 is 33.7 Å². The molecule has 0 atom stereocenters. The Labute approximate surface area is 153 Å². The fourth-order valence-electron chi connectivity index (χ4n) is 3.19. The molecule has 0 aliphatic rings. The standard InChI is InChI=1S/C19H18N4O2S/c1-21-15-16(22(2)19(25)23(3)17(15)24)20-18(21)26-11-13-9-6-8-12-7-4-5-10-14(12)13/h4-10H,11H2,1-3H3. The highest BCUT2D eigenvalue weighted by Crippen LogP contribution is 2.27. The predicted molar refractivity (Wildman–Crippen MR) is 105 cm³/mol. The Morgan fingerprint density at radius 3 is 2.46 bits per heavy atom. The summed E-state index contributed by atoms with van der Waals surface area (Å²) < 4.78 is 4.30. The second-order valence-corrected chi connectivity index (χ2v) is 7.20. The van der Waals surface area contributed by atoms with Crippen LogP contribution in [0.2, 0.25) is 0 Å². The summed E-state index contributed by atoms with van der Waals surface area (Å²) in [5.74, 6) is 0.729. The van der Waals surface area contributed by atoms with E-state index < -0.39 is 0 Å². The monoisotopic (exact) mass is 366 g/mol. The maximum Gasteiger partial charge on any atom is 0.332 e. The zero-order chi connectivity index (χ0) is 18.4. The highest BCUT2D eigenvalue weighted by atomic mass is 32.2. The van der Waals surface area contributed by atoms with Crippen molar-refractivity contribution in [2.75, 3.05) is 0 Å². The molecule has 4 aromatic rings. The van der Waals surface area contributed by atoms with Crippen LogP contribution < -0.4 is 11.2 Å². The van der Waals surface area contributed by atoms with Crippen molar-refractivity contribution in [2.24, 2.45) is 21.1 Å². The minimum Gasteiger partial charge on any atom is -0.316 e. The lowest BCUT2D eigenvalue weighted by Crippen LogP contribution is -2.37. The van der Waals surface area contributed by atoms with E-state index in [1.165, 1.54) is 28.0 Å². The Balaban J connectivity index is 1.78. The largest absolute Gasteiger partial charge is 0.332 e. The van der Waals surface area contributed by atoms with E-state index in [1.54, 1.807) is 23.4 Å². The number of aromatic nitrogens is 4. The van der Waals surface area contributed by atoms with E-state index in [1.807, 2.05) is 25.2 Å². The normalized spacial score (nSPS) is 11.5. The van der Waals surface area contributed by atoms with Gasteiger partial charge in [-0.2, -0.15) is 0 Å². The Morgan fingerprint density at radius 2 is 1.65 bits per heavy atom. The smallest absolute Gasteiger partial charge is 0.316 e. The highest BCUT2D eigenvalue weighted by Gasteiger charge is 2.17.